The van der Waals surface area contributed by atoms with Gasteiger partial charge in [0.1, 0.15) is 41.2 Å². The number of nitrogens with zero attached hydrogens (tertiary/aromatic N) is 2. The zero-order chi connectivity index (χ0) is 33.4. The molecular formula is C31H29F2N5O8. The normalized spacial score (nSPS) is 11.7. The van der Waals surface area contributed by atoms with E-state index in [1.54, 1.807) is 18.2 Å². The van der Waals surface area contributed by atoms with Gasteiger partial charge in [0.15, 0.2) is 0 Å². The Morgan fingerprint density at radius 3 is 2.57 bits per heavy atom. The van der Waals surface area contributed by atoms with Crippen LogP contribution in [0.2, 0.25) is 0 Å². The second-order valence-corrected chi connectivity index (χ2v) is 9.89. The Balaban J connectivity index is 1.59. The molecule has 0 aliphatic carbocycles. The Morgan fingerprint density at radius 2 is 1.87 bits per heavy atom. The fourth-order valence-corrected chi connectivity index (χ4v) is 4.61. The summed E-state index contributed by atoms with van der Waals surface area (Å²) in [5.41, 5.74) is 4.61. The molecule has 0 saturated carbocycles. The molecule has 1 atom stereocenters. The summed E-state index contributed by atoms with van der Waals surface area (Å²) in [7, 11) is 1.12. The monoisotopic (exact) mass is 637 g/mol. The van der Waals surface area contributed by atoms with Crippen LogP contribution in [0.1, 0.15) is 24.1 Å². The molecule has 2 heterocycles. The van der Waals surface area contributed by atoms with Gasteiger partial charge < -0.3 is 35.5 Å². The van der Waals surface area contributed by atoms with Gasteiger partial charge in [-0.15, -0.1) is 0 Å². The standard InChI is InChI=1S/C31H29F2N5O8/c1-45-30(42)36-23(7-2-3-10-26(34)39)28(40)35-24-8-5-13-37(29(24)41)16-21-14-18-6-4-9-25(27(18)38(21)31(43)44)46-17-19-11-12-20(32)15-22(19)33/h3-6,8-15,23H,2,7,16-17H2,1H3,(H2,34,39)(H,35,40)(H,36,42)(H,43,44). The number of amides is 3. The number of para-hydroxylation sites is 1. The van der Waals surface area contributed by atoms with Gasteiger partial charge in [-0.1, -0.05) is 18.2 Å². The molecule has 0 bridgehead atoms. The third-order valence-corrected chi connectivity index (χ3v) is 6.76. The number of allylic oxidation sites excluding steroid dienone is 1. The number of anilines is 1. The largest absolute Gasteiger partial charge is 0.487 e. The number of primary amides is 1. The maximum atomic E-state index is 14.2. The highest BCUT2D eigenvalue weighted by atomic mass is 19.1. The minimum atomic E-state index is -1.38. The summed E-state index contributed by atoms with van der Waals surface area (Å²) in [4.78, 5) is 61.6. The molecule has 5 N–H and O–H groups in total. The van der Waals surface area contributed by atoms with Crippen molar-refractivity contribution in [3.05, 3.63) is 106 Å². The Kier molecular flexibility index (Phi) is 10.5. The van der Waals surface area contributed by atoms with Gasteiger partial charge in [-0.05, 0) is 55.3 Å². The second kappa shape index (κ2) is 14.7. The number of hydrogen-bond acceptors (Lipinski definition) is 7. The van der Waals surface area contributed by atoms with Crippen LogP contribution in [0, 0.1) is 11.6 Å². The van der Waals surface area contributed by atoms with Gasteiger partial charge in [0.2, 0.25) is 11.8 Å². The van der Waals surface area contributed by atoms with E-state index in [-0.39, 0.29) is 54.2 Å². The second-order valence-electron chi connectivity index (χ2n) is 9.89. The van der Waals surface area contributed by atoms with Gasteiger partial charge >= 0.3 is 12.2 Å². The van der Waals surface area contributed by atoms with Crippen molar-refractivity contribution in [2.45, 2.75) is 32.0 Å². The molecule has 46 heavy (non-hydrogen) atoms. The summed E-state index contributed by atoms with van der Waals surface area (Å²) < 4.78 is 39.9. The van der Waals surface area contributed by atoms with E-state index in [9.17, 15) is 37.9 Å². The predicted octanol–water partition coefficient (Wildman–Crippen LogP) is 3.72. The molecule has 13 nitrogen and oxygen atoms in total. The van der Waals surface area contributed by atoms with E-state index in [1.807, 2.05) is 0 Å². The first kappa shape index (κ1) is 32.9. The SMILES string of the molecule is COC(=O)NC(CCC=CC(N)=O)C(=O)Nc1cccn(Cc2cc3cccc(OCc4ccc(F)cc4F)c3n2C(=O)O)c1=O. The lowest BCUT2D eigenvalue weighted by Gasteiger charge is -2.17. The van der Waals surface area contributed by atoms with Crippen LogP contribution < -0.4 is 26.7 Å². The number of methoxy groups -OCH3 is 1. The molecular weight excluding hydrogens is 608 g/mol. The fraction of sp³-hybridized carbons (Fsp3) is 0.194. The summed E-state index contributed by atoms with van der Waals surface area (Å²) in [6.07, 6.45) is 1.90. The molecule has 2 aromatic heterocycles. The van der Waals surface area contributed by atoms with Crippen molar-refractivity contribution in [3.8, 4) is 5.75 Å². The summed E-state index contributed by atoms with van der Waals surface area (Å²) in [5.74, 6) is -2.89. The number of aromatic nitrogens is 2. The van der Waals surface area contributed by atoms with Gasteiger partial charge in [-0.3, -0.25) is 14.4 Å². The number of pyridine rings is 1. The highest BCUT2D eigenvalue weighted by Gasteiger charge is 2.23. The van der Waals surface area contributed by atoms with Crippen molar-refractivity contribution >= 4 is 40.6 Å². The van der Waals surface area contributed by atoms with E-state index in [0.29, 0.717) is 11.5 Å². The number of carboxylic acid groups (broad SMARTS) is 1. The Morgan fingerprint density at radius 1 is 1.09 bits per heavy atom. The third kappa shape index (κ3) is 7.93. The average molecular weight is 638 g/mol. The fourth-order valence-electron chi connectivity index (χ4n) is 4.61. The highest BCUT2D eigenvalue weighted by Crippen LogP contribution is 2.30. The van der Waals surface area contributed by atoms with Crippen molar-refractivity contribution in [3.63, 3.8) is 0 Å². The number of carbonyl (C=O) groups excluding carboxylic acids is 3. The van der Waals surface area contributed by atoms with Crippen molar-refractivity contribution < 1.29 is 42.5 Å². The van der Waals surface area contributed by atoms with Crippen molar-refractivity contribution in [1.29, 1.82) is 0 Å². The zero-order valence-corrected chi connectivity index (χ0v) is 24.4. The maximum absolute atomic E-state index is 14.2. The molecule has 0 aliphatic rings. The number of nitrogens with one attached hydrogen (secondary N) is 2. The van der Waals surface area contributed by atoms with Gasteiger partial charge in [-0.25, -0.2) is 22.9 Å². The molecule has 240 valence electrons. The van der Waals surface area contributed by atoms with Crippen molar-refractivity contribution in [1.82, 2.24) is 14.5 Å². The van der Waals surface area contributed by atoms with E-state index in [2.05, 4.69) is 15.4 Å². The number of nitrogens with two attached hydrogens (primary N) is 1. The number of alkyl carbamates (subject to hydrolysis) is 1. The van der Waals surface area contributed by atoms with Crippen LogP contribution >= 0.6 is 0 Å². The number of benzene rings is 2. The molecule has 0 saturated heterocycles. The Hall–Kier alpha value is -5.99. The smallest absolute Gasteiger partial charge is 0.416 e. The first-order chi connectivity index (χ1) is 22.0. The van der Waals surface area contributed by atoms with E-state index in [0.717, 1.165) is 23.8 Å². The van der Waals surface area contributed by atoms with Crippen LogP contribution in [0.5, 0.6) is 5.75 Å². The number of halogens is 2. The molecule has 0 spiro atoms. The van der Waals surface area contributed by atoms with Crippen LogP contribution in [0.15, 0.2) is 77.7 Å². The third-order valence-electron chi connectivity index (χ3n) is 6.76. The molecule has 15 heteroatoms. The summed E-state index contributed by atoms with van der Waals surface area (Å²) >= 11 is 0. The number of fused-ring (bicyclic) bond motifs is 1. The average Bonchev–Trinajstić information content (AvgIpc) is 3.39. The van der Waals surface area contributed by atoms with Crippen LogP contribution in [0.25, 0.3) is 10.9 Å². The van der Waals surface area contributed by atoms with Gasteiger partial charge in [0.05, 0.1) is 19.3 Å². The Bertz CT molecular complexity index is 1880. The quantitative estimate of drug-likeness (QED) is 0.169. The lowest BCUT2D eigenvalue weighted by molar-refractivity contribution is -0.118. The number of ether oxygens (including phenoxy) is 2. The van der Waals surface area contributed by atoms with Crippen LogP contribution in [-0.4, -0.2) is 51.4 Å². The van der Waals surface area contributed by atoms with Gasteiger partial charge in [0, 0.05) is 23.2 Å². The minimum Gasteiger partial charge on any atom is -0.487 e. The number of rotatable bonds is 12. The van der Waals surface area contributed by atoms with E-state index < -0.39 is 47.2 Å². The first-order valence-electron chi connectivity index (χ1n) is 13.7. The zero-order valence-electron chi connectivity index (χ0n) is 24.4. The van der Waals surface area contributed by atoms with Crippen LogP contribution in [0.4, 0.5) is 24.1 Å². The van der Waals surface area contributed by atoms with E-state index >= 15 is 0 Å². The lowest BCUT2D eigenvalue weighted by Crippen LogP contribution is -2.44. The summed E-state index contributed by atoms with van der Waals surface area (Å²) in [5, 5.41) is 15.4. The van der Waals surface area contributed by atoms with Gasteiger partial charge in [0.25, 0.3) is 5.56 Å². The van der Waals surface area contributed by atoms with Crippen molar-refractivity contribution in [2.24, 2.45) is 5.73 Å². The lowest BCUT2D eigenvalue weighted by atomic mass is 10.1. The van der Waals surface area contributed by atoms with Crippen molar-refractivity contribution in [2.75, 3.05) is 12.4 Å². The molecule has 4 aromatic rings. The summed E-state index contributed by atoms with van der Waals surface area (Å²) in [6, 6.07) is 11.0. The minimum absolute atomic E-state index is 0.0443. The Labute approximate surface area is 259 Å². The van der Waals surface area contributed by atoms with Crippen LogP contribution in [0.3, 0.4) is 0 Å². The molecule has 0 fully saturated rings. The molecule has 0 radical (unpaired) electrons. The number of hydrogen-bond donors (Lipinski definition) is 4. The predicted molar refractivity (Wildman–Crippen MR) is 161 cm³/mol. The molecule has 4 rings (SSSR count). The molecule has 0 aliphatic heterocycles. The van der Waals surface area contributed by atoms with Crippen LogP contribution in [-0.2, 0) is 27.5 Å². The first-order valence-corrected chi connectivity index (χ1v) is 13.7. The topological polar surface area (TPSA) is 184 Å². The van der Waals surface area contributed by atoms with E-state index in [4.69, 9.17) is 10.5 Å². The molecule has 1 unspecified atom stereocenters. The van der Waals surface area contributed by atoms with Gasteiger partial charge in [-0.2, -0.15) is 0 Å². The molecule has 2 aromatic carbocycles. The maximum Gasteiger partial charge on any atom is 0.416 e. The highest BCUT2D eigenvalue weighted by molar-refractivity contribution is 5.96. The number of carbonyl (C=O) groups is 4. The molecule has 3 amide bonds. The van der Waals surface area contributed by atoms with E-state index in [1.165, 1.54) is 41.1 Å². The summed E-state index contributed by atoms with van der Waals surface area (Å²) in [6.45, 7) is -0.545.